The number of nitrogens with one attached hydrogen (secondary N) is 2. The summed E-state index contributed by atoms with van der Waals surface area (Å²) in [5, 5.41) is 2.80. The van der Waals surface area contributed by atoms with E-state index in [-0.39, 0.29) is 23.5 Å². The quantitative estimate of drug-likeness (QED) is 0.585. The van der Waals surface area contributed by atoms with Gasteiger partial charge >= 0.3 is 0 Å². The summed E-state index contributed by atoms with van der Waals surface area (Å²) < 4.78 is 32.9. The topological polar surface area (TPSA) is 84.5 Å². The summed E-state index contributed by atoms with van der Waals surface area (Å²) in [6.07, 6.45) is 1.75. The van der Waals surface area contributed by atoms with Crippen LogP contribution in [0.4, 0.5) is 5.69 Å². The van der Waals surface area contributed by atoms with Crippen molar-refractivity contribution in [1.82, 2.24) is 4.72 Å². The van der Waals surface area contributed by atoms with E-state index in [0.717, 1.165) is 24.0 Å². The summed E-state index contributed by atoms with van der Waals surface area (Å²) in [5.74, 6) is -0.258. The molecule has 0 aromatic heterocycles. The number of hydrogen-bond donors (Lipinski definition) is 2. The van der Waals surface area contributed by atoms with Gasteiger partial charge in [-0.1, -0.05) is 42.5 Å². The molecule has 1 saturated heterocycles. The highest BCUT2D eigenvalue weighted by Crippen LogP contribution is 2.20. The molecule has 7 heteroatoms. The van der Waals surface area contributed by atoms with Gasteiger partial charge < -0.3 is 10.1 Å². The van der Waals surface area contributed by atoms with Crippen molar-refractivity contribution in [3.05, 3.63) is 84.4 Å². The maximum absolute atomic E-state index is 12.5. The first-order valence-corrected chi connectivity index (χ1v) is 11.7. The smallest absolute Gasteiger partial charge is 0.255 e. The molecule has 1 atom stereocenters. The number of sulfonamides is 1. The van der Waals surface area contributed by atoms with Gasteiger partial charge in [0.25, 0.3) is 5.91 Å². The first-order valence-electron chi connectivity index (χ1n) is 10.2. The van der Waals surface area contributed by atoms with Crippen molar-refractivity contribution in [2.24, 2.45) is 0 Å². The summed E-state index contributed by atoms with van der Waals surface area (Å²) in [6.45, 7) is 0.940. The van der Waals surface area contributed by atoms with Gasteiger partial charge in [-0.3, -0.25) is 4.79 Å². The Kier molecular flexibility index (Phi) is 6.46. The van der Waals surface area contributed by atoms with E-state index in [9.17, 15) is 13.2 Å². The van der Waals surface area contributed by atoms with Crippen molar-refractivity contribution in [3.8, 4) is 11.1 Å². The highest BCUT2D eigenvalue weighted by atomic mass is 32.2. The van der Waals surface area contributed by atoms with Crippen LogP contribution in [-0.2, 0) is 14.8 Å². The fourth-order valence-electron chi connectivity index (χ4n) is 3.46. The van der Waals surface area contributed by atoms with Gasteiger partial charge in [-0.2, -0.15) is 0 Å². The number of hydrogen-bond acceptors (Lipinski definition) is 4. The number of rotatable bonds is 7. The zero-order valence-electron chi connectivity index (χ0n) is 17.0. The first-order chi connectivity index (χ1) is 15.0. The lowest BCUT2D eigenvalue weighted by molar-refractivity contribution is 0.102. The van der Waals surface area contributed by atoms with Gasteiger partial charge in [0, 0.05) is 24.4 Å². The van der Waals surface area contributed by atoms with Crippen LogP contribution in [0.25, 0.3) is 11.1 Å². The van der Waals surface area contributed by atoms with Gasteiger partial charge in [-0.05, 0) is 60.4 Å². The lowest BCUT2D eigenvalue weighted by Crippen LogP contribution is -2.31. The Balaban J connectivity index is 1.37. The predicted molar refractivity (Wildman–Crippen MR) is 120 cm³/mol. The van der Waals surface area contributed by atoms with E-state index in [0.29, 0.717) is 17.9 Å². The lowest BCUT2D eigenvalue weighted by Gasteiger charge is -2.12. The molecule has 1 heterocycles. The Labute approximate surface area is 182 Å². The second-order valence-corrected chi connectivity index (χ2v) is 9.18. The molecular formula is C24H24N2O4S. The Morgan fingerprint density at radius 2 is 1.58 bits per heavy atom. The third-order valence-corrected chi connectivity index (χ3v) is 6.64. The standard InChI is InChI=1S/C24H24N2O4S/c27-24(20-10-8-19(9-11-20)18-5-2-1-3-6-18)26-21-12-14-23(15-13-21)31(28,29)25-17-22-7-4-16-30-22/h1-3,5-6,8-15,22,25H,4,7,16-17H2,(H,26,27). The summed E-state index contributed by atoms with van der Waals surface area (Å²) in [7, 11) is -3.62. The lowest BCUT2D eigenvalue weighted by atomic mass is 10.0. The van der Waals surface area contributed by atoms with E-state index >= 15 is 0 Å². The van der Waals surface area contributed by atoms with Crippen molar-refractivity contribution in [2.75, 3.05) is 18.5 Å². The average Bonchev–Trinajstić information content (AvgIpc) is 3.33. The third kappa shape index (κ3) is 5.38. The predicted octanol–water partition coefficient (Wildman–Crippen LogP) is 4.06. The number of ether oxygens (including phenoxy) is 1. The molecule has 3 aromatic carbocycles. The van der Waals surface area contributed by atoms with Crippen LogP contribution in [0.1, 0.15) is 23.2 Å². The minimum Gasteiger partial charge on any atom is -0.377 e. The van der Waals surface area contributed by atoms with Crippen LogP contribution >= 0.6 is 0 Å². The first kappa shape index (κ1) is 21.2. The molecule has 2 N–H and O–H groups in total. The molecule has 1 unspecified atom stereocenters. The molecule has 0 bridgehead atoms. The van der Waals surface area contributed by atoms with E-state index in [4.69, 9.17) is 4.74 Å². The zero-order chi connectivity index (χ0) is 21.7. The van der Waals surface area contributed by atoms with Crippen LogP contribution in [-0.4, -0.2) is 33.6 Å². The molecule has 1 aliphatic heterocycles. The van der Waals surface area contributed by atoms with E-state index in [1.807, 2.05) is 42.5 Å². The number of benzene rings is 3. The summed E-state index contributed by atoms with van der Waals surface area (Å²) in [4.78, 5) is 12.7. The molecule has 160 valence electrons. The minimum atomic E-state index is -3.62. The molecular weight excluding hydrogens is 412 g/mol. The average molecular weight is 437 g/mol. The summed E-state index contributed by atoms with van der Waals surface area (Å²) >= 11 is 0. The summed E-state index contributed by atoms with van der Waals surface area (Å²) in [6, 6.07) is 23.4. The molecule has 0 saturated carbocycles. The van der Waals surface area contributed by atoms with Crippen LogP contribution in [0, 0.1) is 0 Å². The zero-order valence-corrected chi connectivity index (χ0v) is 17.8. The molecule has 31 heavy (non-hydrogen) atoms. The summed E-state index contributed by atoms with van der Waals surface area (Å²) in [5.41, 5.74) is 3.16. The molecule has 0 aliphatic carbocycles. The van der Waals surface area contributed by atoms with Crippen molar-refractivity contribution in [3.63, 3.8) is 0 Å². The Morgan fingerprint density at radius 3 is 2.23 bits per heavy atom. The van der Waals surface area contributed by atoms with Gasteiger partial charge in [0.05, 0.1) is 11.0 Å². The number of amides is 1. The van der Waals surface area contributed by atoms with E-state index in [2.05, 4.69) is 10.0 Å². The molecule has 4 rings (SSSR count). The molecule has 6 nitrogen and oxygen atoms in total. The van der Waals surface area contributed by atoms with E-state index in [1.165, 1.54) is 12.1 Å². The Bertz CT molecular complexity index is 1120. The fraction of sp³-hybridized carbons (Fsp3) is 0.208. The van der Waals surface area contributed by atoms with Crippen LogP contribution in [0.2, 0.25) is 0 Å². The molecule has 1 aliphatic rings. The maximum Gasteiger partial charge on any atom is 0.255 e. The number of carbonyl (C=O) groups is 1. The van der Waals surface area contributed by atoms with Gasteiger partial charge in [0.2, 0.25) is 10.0 Å². The third-order valence-electron chi connectivity index (χ3n) is 5.20. The highest BCUT2D eigenvalue weighted by Gasteiger charge is 2.20. The number of anilines is 1. The van der Waals surface area contributed by atoms with Gasteiger partial charge in [-0.15, -0.1) is 0 Å². The van der Waals surface area contributed by atoms with Crippen LogP contribution in [0.15, 0.2) is 83.8 Å². The van der Waals surface area contributed by atoms with Crippen molar-refractivity contribution < 1.29 is 17.9 Å². The normalized spacial score (nSPS) is 16.2. The van der Waals surface area contributed by atoms with Crippen LogP contribution < -0.4 is 10.0 Å². The molecule has 0 spiro atoms. The van der Waals surface area contributed by atoms with E-state index in [1.54, 1.807) is 24.3 Å². The Hall–Kier alpha value is -3.00. The van der Waals surface area contributed by atoms with Gasteiger partial charge in [0.15, 0.2) is 0 Å². The molecule has 1 fully saturated rings. The largest absolute Gasteiger partial charge is 0.377 e. The number of carbonyl (C=O) groups excluding carboxylic acids is 1. The highest BCUT2D eigenvalue weighted by molar-refractivity contribution is 7.89. The fourth-order valence-corrected chi connectivity index (χ4v) is 4.52. The van der Waals surface area contributed by atoms with Gasteiger partial charge in [-0.25, -0.2) is 13.1 Å². The van der Waals surface area contributed by atoms with E-state index < -0.39 is 10.0 Å². The molecule has 3 aromatic rings. The monoisotopic (exact) mass is 436 g/mol. The maximum atomic E-state index is 12.5. The molecule has 1 amide bonds. The minimum absolute atomic E-state index is 0.0679. The SMILES string of the molecule is O=C(Nc1ccc(S(=O)(=O)NCC2CCCO2)cc1)c1ccc(-c2ccccc2)cc1. The van der Waals surface area contributed by atoms with Gasteiger partial charge in [0.1, 0.15) is 0 Å². The van der Waals surface area contributed by atoms with Crippen molar-refractivity contribution in [2.45, 2.75) is 23.8 Å². The van der Waals surface area contributed by atoms with Crippen LogP contribution in [0.5, 0.6) is 0 Å². The Morgan fingerprint density at radius 1 is 0.903 bits per heavy atom. The van der Waals surface area contributed by atoms with Crippen LogP contribution in [0.3, 0.4) is 0 Å². The second kappa shape index (κ2) is 9.43. The van der Waals surface area contributed by atoms with Crippen molar-refractivity contribution in [1.29, 1.82) is 0 Å². The second-order valence-electron chi connectivity index (χ2n) is 7.41. The molecule has 0 radical (unpaired) electrons. The van der Waals surface area contributed by atoms with Crippen molar-refractivity contribution >= 4 is 21.6 Å².